The molecule has 0 saturated carbocycles. The van der Waals surface area contributed by atoms with Gasteiger partial charge in [0.25, 0.3) is 0 Å². The van der Waals surface area contributed by atoms with Crippen molar-refractivity contribution in [1.29, 1.82) is 5.26 Å². The summed E-state index contributed by atoms with van der Waals surface area (Å²) in [4.78, 5) is 13.6. The highest BCUT2D eigenvalue weighted by atomic mass is 16.2. The maximum absolute atomic E-state index is 11.9. The number of piperazine rings is 1. The zero-order chi connectivity index (χ0) is 10.8. The van der Waals surface area contributed by atoms with Gasteiger partial charge in [-0.2, -0.15) is 5.26 Å². The Labute approximate surface area is 84.9 Å². The van der Waals surface area contributed by atoms with Crippen LogP contribution in [0, 0.1) is 16.7 Å². The first-order valence-electron chi connectivity index (χ1n) is 4.88. The minimum Gasteiger partial charge on any atom is -0.324 e. The van der Waals surface area contributed by atoms with Gasteiger partial charge in [-0.3, -0.25) is 4.79 Å². The van der Waals surface area contributed by atoms with Crippen LogP contribution in [0.4, 0.5) is 0 Å². The second-order valence-corrected chi connectivity index (χ2v) is 4.60. The topological polar surface area (TPSA) is 56.1 Å². The van der Waals surface area contributed by atoms with Gasteiger partial charge in [0, 0.05) is 25.0 Å². The molecule has 0 unspecified atom stereocenters. The van der Waals surface area contributed by atoms with Crippen molar-refractivity contribution in [3.63, 3.8) is 0 Å². The number of hydrogen-bond donors (Lipinski definition) is 1. The maximum Gasteiger partial charge on any atom is 0.229 e. The van der Waals surface area contributed by atoms with E-state index in [1.165, 1.54) is 0 Å². The third-order valence-corrected chi connectivity index (χ3v) is 2.29. The molecule has 1 N–H and O–H groups in total. The lowest BCUT2D eigenvalue weighted by atomic mass is 9.93. The second-order valence-electron chi connectivity index (χ2n) is 4.60. The lowest BCUT2D eigenvalue weighted by molar-refractivity contribution is -0.141. The monoisotopic (exact) mass is 195 g/mol. The number of carbonyl (C=O) groups is 1. The fourth-order valence-corrected chi connectivity index (χ4v) is 1.49. The molecule has 1 atom stereocenters. The summed E-state index contributed by atoms with van der Waals surface area (Å²) in [7, 11) is 0. The van der Waals surface area contributed by atoms with Crippen LogP contribution in [0.3, 0.4) is 0 Å². The molecule has 1 aliphatic heterocycles. The van der Waals surface area contributed by atoms with Gasteiger partial charge in [0.05, 0.1) is 6.07 Å². The molecule has 1 amide bonds. The Balaban J connectivity index is 2.75. The van der Waals surface area contributed by atoms with E-state index < -0.39 is 5.41 Å². The highest BCUT2D eigenvalue weighted by Gasteiger charge is 2.33. The van der Waals surface area contributed by atoms with Gasteiger partial charge >= 0.3 is 0 Å². The predicted octanol–water partition coefficient (Wildman–Crippen LogP) is 0.356. The number of amides is 1. The van der Waals surface area contributed by atoms with Crippen LogP contribution >= 0.6 is 0 Å². The molecule has 0 aromatic rings. The molecule has 4 heteroatoms. The Bertz CT molecular complexity index is 262. The molecule has 0 spiro atoms. The lowest BCUT2D eigenvalue weighted by Crippen LogP contribution is -2.55. The van der Waals surface area contributed by atoms with E-state index in [0.717, 1.165) is 6.54 Å². The summed E-state index contributed by atoms with van der Waals surface area (Å²) >= 11 is 0. The molecule has 0 bridgehead atoms. The largest absolute Gasteiger partial charge is 0.324 e. The van der Waals surface area contributed by atoms with Crippen LogP contribution < -0.4 is 5.32 Å². The molecule has 1 rings (SSSR count). The quantitative estimate of drug-likeness (QED) is 0.607. The van der Waals surface area contributed by atoms with Crippen LogP contribution in [-0.2, 0) is 4.79 Å². The zero-order valence-corrected chi connectivity index (χ0v) is 9.00. The van der Waals surface area contributed by atoms with Crippen molar-refractivity contribution in [1.82, 2.24) is 10.2 Å². The average molecular weight is 195 g/mol. The van der Waals surface area contributed by atoms with Crippen LogP contribution in [0.2, 0.25) is 0 Å². The Hall–Kier alpha value is -1.08. The predicted molar refractivity (Wildman–Crippen MR) is 53.4 cm³/mol. The van der Waals surface area contributed by atoms with Crippen LogP contribution in [0.25, 0.3) is 0 Å². The molecular weight excluding hydrogens is 178 g/mol. The maximum atomic E-state index is 11.9. The molecule has 14 heavy (non-hydrogen) atoms. The van der Waals surface area contributed by atoms with E-state index in [9.17, 15) is 4.79 Å². The van der Waals surface area contributed by atoms with E-state index >= 15 is 0 Å². The molecule has 0 aromatic heterocycles. The van der Waals surface area contributed by atoms with Gasteiger partial charge < -0.3 is 10.2 Å². The van der Waals surface area contributed by atoms with Gasteiger partial charge in [-0.15, -0.1) is 0 Å². The third-order valence-electron chi connectivity index (χ3n) is 2.29. The summed E-state index contributed by atoms with van der Waals surface area (Å²) in [5.74, 6) is 0.0607. The molecule has 1 heterocycles. The van der Waals surface area contributed by atoms with Gasteiger partial charge in [0.2, 0.25) is 5.91 Å². The number of carbonyl (C=O) groups excluding carboxylic acids is 1. The summed E-state index contributed by atoms with van der Waals surface area (Å²) in [6.45, 7) is 7.63. The molecule has 1 saturated heterocycles. The second kappa shape index (κ2) is 3.97. The fraction of sp³-hybridized carbons (Fsp3) is 0.800. The van der Waals surface area contributed by atoms with Crippen LogP contribution in [0.5, 0.6) is 0 Å². The molecule has 0 radical (unpaired) electrons. The zero-order valence-electron chi connectivity index (χ0n) is 9.00. The first-order chi connectivity index (χ1) is 6.46. The molecular formula is C10H17N3O. The van der Waals surface area contributed by atoms with Gasteiger partial charge in [-0.05, 0) is 0 Å². The number of nitrogens with zero attached hydrogens (tertiary/aromatic N) is 2. The molecule has 0 aromatic carbocycles. The van der Waals surface area contributed by atoms with E-state index in [2.05, 4.69) is 11.4 Å². The number of hydrogen-bond acceptors (Lipinski definition) is 3. The van der Waals surface area contributed by atoms with Crippen molar-refractivity contribution in [2.24, 2.45) is 5.41 Å². The average Bonchev–Trinajstić information content (AvgIpc) is 2.15. The first-order valence-corrected chi connectivity index (χ1v) is 4.88. The van der Waals surface area contributed by atoms with E-state index in [1.54, 1.807) is 4.90 Å². The summed E-state index contributed by atoms with van der Waals surface area (Å²) in [6, 6.07) is 1.84. The Morgan fingerprint density at radius 2 is 2.21 bits per heavy atom. The minimum absolute atomic E-state index is 0.0607. The van der Waals surface area contributed by atoms with Gasteiger partial charge in [-0.25, -0.2) is 0 Å². The van der Waals surface area contributed by atoms with E-state index in [4.69, 9.17) is 5.26 Å². The standard InChI is InChI=1S/C10H17N3O/c1-10(2,3)9(14)13-5-4-12-7-8(13)6-11/h8,12H,4-5,7H2,1-3H3/t8-/m1/s1. The summed E-state index contributed by atoms with van der Waals surface area (Å²) in [5, 5.41) is 12.0. The molecule has 78 valence electrons. The summed E-state index contributed by atoms with van der Waals surface area (Å²) < 4.78 is 0. The number of nitrogens with one attached hydrogen (secondary N) is 1. The fourth-order valence-electron chi connectivity index (χ4n) is 1.49. The highest BCUT2D eigenvalue weighted by molar-refractivity contribution is 5.82. The minimum atomic E-state index is -0.396. The van der Waals surface area contributed by atoms with E-state index in [1.807, 2.05) is 20.8 Å². The van der Waals surface area contributed by atoms with Crippen molar-refractivity contribution in [2.75, 3.05) is 19.6 Å². The van der Waals surface area contributed by atoms with Crippen LogP contribution in [0.15, 0.2) is 0 Å². The molecule has 0 aliphatic carbocycles. The van der Waals surface area contributed by atoms with Crippen molar-refractivity contribution in [3.05, 3.63) is 0 Å². The molecule has 1 aliphatic rings. The lowest BCUT2D eigenvalue weighted by Gasteiger charge is -2.36. The van der Waals surface area contributed by atoms with Gasteiger partial charge in [0.1, 0.15) is 6.04 Å². The Kier molecular flexibility index (Phi) is 3.12. The number of rotatable bonds is 0. The molecule has 1 fully saturated rings. The van der Waals surface area contributed by atoms with Gasteiger partial charge in [-0.1, -0.05) is 20.8 Å². The first kappa shape index (κ1) is 11.0. The number of nitriles is 1. The smallest absolute Gasteiger partial charge is 0.229 e. The van der Waals surface area contributed by atoms with Crippen molar-refractivity contribution in [2.45, 2.75) is 26.8 Å². The Morgan fingerprint density at radius 1 is 1.57 bits per heavy atom. The van der Waals surface area contributed by atoms with E-state index in [0.29, 0.717) is 13.1 Å². The van der Waals surface area contributed by atoms with Gasteiger partial charge in [0.15, 0.2) is 0 Å². The summed E-state index contributed by atoms with van der Waals surface area (Å²) in [5.41, 5.74) is -0.396. The third kappa shape index (κ3) is 2.24. The van der Waals surface area contributed by atoms with Crippen molar-refractivity contribution < 1.29 is 4.79 Å². The normalized spacial score (nSPS) is 23.0. The Morgan fingerprint density at radius 3 is 2.71 bits per heavy atom. The van der Waals surface area contributed by atoms with Crippen LogP contribution in [0.1, 0.15) is 20.8 Å². The van der Waals surface area contributed by atoms with E-state index in [-0.39, 0.29) is 11.9 Å². The highest BCUT2D eigenvalue weighted by Crippen LogP contribution is 2.19. The van der Waals surface area contributed by atoms with Crippen LogP contribution in [-0.4, -0.2) is 36.5 Å². The summed E-state index contributed by atoms with van der Waals surface area (Å²) in [6.07, 6.45) is 0. The van der Waals surface area contributed by atoms with Crippen molar-refractivity contribution in [3.8, 4) is 6.07 Å². The molecule has 4 nitrogen and oxygen atoms in total. The van der Waals surface area contributed by atoms with Crippen molar-refractivity contribution >= 4 is 5.91 Å². The SMILES string of the molecule is CC(C)(C)C(=O)N1CCNC[C@H]1C#N.